The first-order valence-corrected chi connectivity index (χ1v) is 10.1. The van der Waals surface area contributed by atoms with Gasteiger partial charge >= 0.3 is 0 Å². The van der Waals surface area contributed by atoms with E-state index in [0.29, 0.717) is 6.54 Å². The van der Waals surface area contributed by atoms with E-state index < -0.39 is 0 Å². The number of aromatic nitrogens is 1. The molecule has 1 aliphatic rings. The van der Waals surface area contributed by atoms with Crippen LogP contribution in [-0.2, 0) is 6.54 Å². The summed E-state index contributed by atoms with van der Waals surface area (Å²) in [5, 5.41) is 3.04. The molecular formula is C20H26N4OS. The van der Waals surface area contributed by atoms with Gasteiger partial charge in [-0.3, -0.25) is 4.79 Å². The van der Waals surface area contributed by atoms with Crippen LogP contribution >= 0.6 is 11.8 Å². The molecule has 6 heteroatoms. The van der Waals surface area contributed by atoms with E-state index in [-0.39, 0.29) is 5.91 Å². The summed E-state index contributed by atoms with van der Waals surface area (Å²) in [6.07, 6.45) is 3.85. The van der Waals surface area contributed by atoms with Gasteiger partial charge in [0.05, 0.1) is 0 Å². The molecule has 138 valence electrons. The number of likely N-dealkylation sites (N-methyl/N-ethyl adjacent to an activating group) is 1. The Morgan fingerprint density at radius 1 is 1.19 bits per heavy atom. The second-order valence-corrected chi connectivity index (χ2v) is 7.56. The summed E-state index contributed by atoms with van der Waals surface area (Å²) in [6, 6.07) is 10.0. The van der Waals surface area contributed by atoms with Crippen molar-refractivity contribution in [2.24, 2.45) is 0 Å². The molecule has 1 aromatic heterocycles. The van der Waals surface area contributed by atoms with Crippen molar-refractivity contribution in [1.82, 2.24) is 15.2 Å². The number of benzene rings is 1. The molecule has 1 aromatic carbocycles. The lowest BCUT2D eigenvalue weighted by atomic mass is 10.1. The molecule has 1 amide bonds. The fourth-order valence-corrected chi connectivity index (χ4v) is 3.47. The topological polar surface area (TPSA) is 48.5 Å². The lowest BCUT2D eigenvalue weighted by molar-refractivity contribution is 0.0950. The van der Waals surface area contributed by atoms with Gasteiger partial charge in [0.25, 0.3) is 5.91 Å². The van der Waals surface area contributed by atoms with Crippen LogP contribution in [0.1, 0.15) is 21.5 Å². The first-order chi connectivity index (χ1) is 12.6. The van der Waals surface area contributed by atoms with Crippen LogP contribution in [0.5, 0.6) is 0 Å². The first kappa shape index (κ1) is 18.7. The zero-order valence-corrected chi connectivity index (χ0v) is 16.5. The van der Waals surface area contributed by atoms with Crippen LogP contribution in [0.2, 0.25) is 0 Å². The van der Waals surface area contributed by atoms with Crippen LogP contribution in [0.15, 0.2) is 41.4 Å². The number of hydrogen-bond donors (Lipinski definition) is 1. The summed E-state index contributed by atoms with van der Waals surface area (Å²) in [5.41, 5.74) is 2.80. The summed E-state index contributed by atoms with van der Waals surface area (Å²) < 4.78 is 0. The number of anilines is 1. The van der Waals surface area contributed by atoms with E-state index in [1.807, 2.05) is 43.6 Å². The Labute approximate surface area is 159 Å². The van der Waals surface area contributed by atoms with Gasteiger partial charge in [-0.15, -0.1) is 11.8 Å². The number of hydrogen-bond acceptors (Lipinski definition) is 5. The van der Waals surface area contributed by atoms with Gasteiger partial charge in [0.15, 0.2) is 0 Å². The number of aryl methyl sites for hydroxylation is 1. The van der Waals surface area contributed by atoms with E-state index >= 15 is 0 Å². The number of nitrogens with one attached hydrogen (secondary N) is 1. The van der Waals surface area contributed by atoms with E-state index in [2.05, 4.69) is 33.2 Å². The summed E-state index contributed by atoms with van der Waals surface area (Å²) in [7, 11) is 2.14. The number of thioether (sulfide) groups is 1. The van der Waals surface area contributed by atoms with Crippen LogP contribution in [0.3, 0.4) is 0 Å². The third-order valence-corrected chi connectivity index (χ3v) is 5.50. The molecule has 0 aliphatic carbocycles. The SMILES string of the molecule is CSc1ccc(C)c(C(=O)NCc2ccnc(N3CCN(C)CC3)c2)c1. The molecule has 0 atom stereocenters. The van der Waals surface area contributed by atoms with Gasteiger partial charge in [0.1, 0.15) is 5.82 Å². The second kappa shape index (κ2) is 8.56. The van der Waals surface area contributed by atoms with Crippen molar-refractivity contribution in [1.29, 1.82) is 0 Å². The first-order valence-electron chi connectivity index (χ1n) is 8.88. The van der Waals surface area contributed by atoms with Crippen molar-refractivity contribution < 1.29 is 4.79 Å². The molecule has 0 radical (unpaired) electrons. The molecule has 1 saturated heterocycles. The predicted octanol–water partition coefficient (Wildman–Crippen LogP) is 2.79. The Bertz CT molecular complexity index is 772. The van der Waals surface area contributed by atoms with E-state index in [1.165, 1.54) is 0 Å². The summed E-state index contributed by atoms with van der Waals surface area (Å²) in [6.45, 7) is 6.54. The maximum atomic E-state index is 12.6. The molecule has 26 heavy (non-hydrogen) atoms. The maximum absolute atomic E-state index is 12.6. The minimum Gasteiger partial charge on any atom is -0.354 e. The fourth-order valence-electron chi connectivity index (χ4n) is 3.03. The Kier molecular flexibility index (Phi) is 6.16. The molecule has 1 aliphatic heterocycles. The minimum atomic E-state index is -0.0311. The Balaban J connectivity index is 1.64. The molecule has 2 heterocycles. The third kappa shape index (κ3) is 4.56. The quantitative estimate of drug-likeness (QED) is 0.820. The summed E-state index contributed by atoms with van der Waals surface area (Å²) in [5.74, 6) is 0.960. The summed E-state index contributed by atoms with van der Waals surface area (Å²) in [4.78, 5) is 22.8. The van der Waals surface area contributed by atoms with E-state index in [1.54, 1.807) is 11.8 Å². The normalized spacial score (nSPS) is 15.1. The van der Waals surface area contributed by atoms with Gasteiger partial charge in [-0.2, -0.15) is 0 Å². The Morgan fingerprint density at radius 3 is 2.69 bits per heavy atom. The van der Waals surface area contributed by atoms with Crippen LogP contribution in [0, 0.1) is 6.92 Å². The highest BCUT2D eigenvalue weighted by Gasteiger charge is 2.16. The van der Waals surface area contributed by atoms with Crippen LogP contribution < -0.4 is 10.2 Å². The number of pyridine rings is 1. The largest absolute Gasteiger partial charge is 0.354 e. The second-order valence-electron chi connectivity index (χ2n) is 6.68. The number of carbonyl (C=O) groups is 1. The summed E-state index contributed by atoms with van der Waals surface area (Å²) >= 11 is 1.64. The van der Waals surface area contributed by atoms with Crippen molar-refractivity contribution in [3.63, 3.8) is 0 Å². The highest BCUT2D eigenvalue weighted by molar-refractivity contribution is 7.98. The zero-order chi connectivity index (χ0) is 18.5. The van der Waals surface area contributed by atoms with Crippen molar-refractivity contribution in [3.8, 4) is 0 Å². The van der Waals surface area contributed by atoms with Gasteiger partial charge in [0, 0.05) is 49.4 Å². The van der Waals surface area contributed by atoms with Crippen LogP contribution in [-0.4, -0.2) is 55.3 Å². The lowest BCUT2D eigenvalue weighted by Crippen LogP contribution is -2.44. The number of carbonyl (C=O) groups excluding carboxylic acids is 1. The molecule has 0 spiro atoms. The number of amides is 1. The molecular weight excluding hydrogens is 344 g/mol. The van der Waals surface area contributed by atoms with Crippen LogP contribution in [0.25, 0.3) is 0 Å². The monoisotopic (exact) mass is 370 g/mol. The molecule has 0 unspecified atom stereocenters. The van der Waals surface area contributed by atoms with Crippen molar-refractivity contribution in [2.75, 3.05) is 44.4 Å². The van der Waals surface area contributed by atoms with Crippen LogP contribution in [0.4, 0.5) is 5.82 Å². The molecule has 0 bridgehead atoms. The lowest BCUT2D eigenvalue weighted by Gasteiger charge is -2.33. The highest BCUT2D eigenvalue weighted by Crippen LogP contribution is 2.19. The molecule has 0 saturated carbocycles. The average molecular weight is 371 g/mol. The zero-order valence-electron chi connectivity index (χ0n) is 15.7. The fraction of sp³-hybridized carbons (Fsp3) is 0.400. The van der Waals surface area contributed by atoms with E-state index in [0.717, 1.165) is 53.6 Å². The maximum Gasteiger partial charge on any atom is 0.251 e. The van der Waals surface area contributed by atoms with Gasteiger partial charge < -0.3 is 15.1 Å². The van der Waals surface area contributed by atoms with Gasteiger partial charge in [0.2, 0.25) is 0 Å². The van der Waals surface area contributed by atoms with Crippen molar-refractivity contribution in [3.05, 3.63) is 53.2 Å². The predicted molar refractivity (Wildman–Crippen MR) is 108 cm³/mol. The highest BCUT2D eigenvalue weighted by atomic mass is 32.2. The standard InChI is InChI=1S/C20H26N4OS/c1-15-4-5-17(26-3)13-18(15)20(25)22-14-16-6-7-21-19(12-16)24-10-8-23(2)9-11-24/h4-7,12-13H,8-11,14H2,1-3H3,(H,22,25). The van der Waals surface area contributed by atoms with E-state index in [9.17, 15) is 4.79 Å². The number of nitrogens with zero attached hydrogens (tertiary/aromatic N) is 3. The van der Waals surface area contributed by atoms with Crippen molar-refractivity contribution in [2.45, 2.75) is 18.4 Å². The smallest absolute Gasteiger partial charge is 0.251 e. The minimum absolute atomic E-state index is 0.0311. The van der Waals surface area contributed by atoms with E-state index in [4.69, 9.17) is 0 Å². The van der Waals surface area contributed by atoms with Gasteiger partial charge in [-0.1, -0.05) is 6.07 Å². The third-order valence-electron chi connectivity index (χ3n) is 4.78. The number of piperazine rings is 1. The molecule has 2 aromatic rings. The molecule has 1 N–H and O–H groups in total. The number of rotatable bonds is 5. The van der Waals surface area contributed by atoms with Gasteiger partial charge in [-0.05, 0) is 55.6 Å². The van der Waals surface area contributed by atoms with Crippen molar-refractivity contribution >= 4 is 23.5 Å². The Morgan fingerprint density at radius 2 is 1.96 bits per heavy atom. The molecule has 5 nitrogen and oxygen atoms in total. The van der Waals surface area contributed by atoms with Gasteiger partial charge in [-0.25, -0.2) is 4.98 Å². The molecule has 1 fully saturated rings. The molecule has 3 rings (SSSR count). The Hall–Kier alpha value is -2.05. The average Bonchev–Trinajstić information content (AvgIpc) is 2.67.